The highest BCUT2D eigenvalue weighted by molar-refractivity contribution is 6.35. The van der Waals surface area contributed by atoms with Crippen molar-refractivity contribution in [3.05, 3.63) is 56.8 Å². The van der Waals surface area contributed by atoms with Crippen LogP contribution in [0.1, 0.15) is 17.0 Å². The molecule has 0 fully saturated rings. The number of aromatic nitrogens is 1. The number of benzene rings is 1. The summed E-state index contributed by atoms with van der Waals surface area (Å²) in [6.07, 6.45) is 1.60. The van der Waals surface area contributed by atoms with Crippen LogP contribution in [0.3, 0.4) is 0 Å². The third-order valence-corrected chi connectivity index (χ3v) is 4.22. The fraction of sp³-hybridized carbons (Fsp3) is 0.222. The van der Waals surface area contributed by atoms with Crippen molar-refractivity contribution < 1.29 is 4.79 Å². The van der Waals surface area contributed by atoms with E-state index in [1.54, 1.807) is 32.3 Å². The van der Waals surface area contributed by atoms with Crippen LogP contribution in [-0.2, 0) is 4.79 Å². The number of carbonyl (C=O) groups is 1. The van der Waals surface area contributed by atoms with Crippen molar-refractivity contribution in [2.75, 3.05) is 14.1 Å². The zero-order chi connectivity index (χ0) is 18.0. The van der Waals surface area contributed by atoms with E-state index in [9.17, 15) is 10.1 Å². The Labute approximate surface area is 151 Å². The molecule has 1 amide bonds. The van der Waals surface area contributed by atoms with Crippen LogP contribution in [0.15, 0.2) is 29.8 Å². The number of hydrogen-bond donors (Lipinski definition) is 0. The molecule has 0 aliphatic carbocycles. The molecule has 2 rings (SSSR count). The average molecular weight is 362 g/mol. The number of likely N-dealkylation sites (N-methyl/N-ethyl adjacent to an activating group) is 1. The molecule has 0 aliphatic heterocycles. The fourth-order valence-electron chi connectivity index (χ4n) is 2.51. The van der Waals surface area contributed by atoms with Gasteiger partial charge in [-0.25, -0.2) is 0 Å². The zero-order valence-corrected chi connectivity index (χ0v) is 15.4. The molecule has 0 N–H and O–H groups in total. The summed E-state index contributed by atoms with van der Waals surface area (Å²) in [6.45, 7) is 3.86. The van der Waals surface area contributed by atoms with Crippen molar-refractivity contribution in [3.63, 3.8) is 0 Å². The Morgan fingerprint density at radius 2 is 1.92 bits per heavy atom. The zero-order valence-electron chi connectivity index (χ0n) is 13.9. The number of hydrogen-bond acceptors (Lipinski definition) is 2. The maximum Gasteiger partial charge on any atom is 0.264 e. The van der Waals surface area contributed by atoms with Crippen LogP contribution in [0.4, 0.5) is 0 Å². The first-order valence-corrected chi connectivity index (χ1v) is 7.99. The van der Waals surface area contributed by atoms with E-state index in [1.807, 2.05) is 36.6 Å². The van der Waals surface area contributed by atoms with Crippen LogP contribution < -0.4 is 0 Å². The van der Waals surface area contributed by atoms with Crippen LogP contribution >= 0.6 is 23.2 Å². The molecule has 24 heavy (non-hydrogen) atoms. The van der Waals surface area contributed by atoms with E-state index in [-0.39, 0.29) is 11.5 Å². The molecule has 1 heterocycles. The molecule has 0 saturated carbocycles. The molecule has 6 heteroatoms. The van der Waals surface area contributed by atoms with Crippen molar-refractivity contribution in [3.8, 4) is 11.8 Å². The Kier molecular flexibility index (Phi) is 5.38. The summed E-state index contributed by atoms with van der Waals surface area (Å²) in [5.74, 6) is -0.327. The number of nitriles is 1. The molecule has 124 valence electrons. The van der Waals surface area contributed by atoms with Crippen LogP contribution in [-0.4, -0.2) is 29.5 Å². The normalized spacial score (nSPS) is 11.3. The third-order valence-electron chi connectivity index (χ3n) is 3.68. The highest BCUT2D eigenvalue weighted by Crippen LogP contribution is 2.29. The van der Waals surface area contributed by atoms with Gasteiger partial charge in [0.25, 0.3) is 5.91 Å². The summed E-state index contributed by atoms with van der Waals surface area (Å²) >= 11 is 12.3. The van der Waals surface area contributed by atoms with Gasteiger partial charge in [0.15, 0.2) is 0 Å². The maximum absolute atomic E-state index is 12.0. The number of amides is 1. The van der Waals surface area contributed by atoms with E-state index in [1.165, 1.54) is 4.90 Å². The van der Waals surface area contributed by atoms with E-state index in [0.717, 1.165) is 22.6 Å². The second kappa shape index (κ2) is 7.12. The number of rotatable bonds is 3. The molecular formula is C18H17Cl2N3O. The molecule has 0 radical (unpaired) electrons. The summed E-state index contributed by atoms with van der Waals surface area (Å²) in [5, 5.41) is 10.4. The second-order valence-electron chi connectivity index (χ2n) is 5.63. The molecule has 0 saturated heterocycles. The molecule has 0 bridgehead atoms. The Hall–Kier alpha value is -2.22. The first-order chi connectivity index (χ1) is 11.3. The lowest BCUT2D eigenvalue weighted by atomic mass is 10.1. The molecule has 0 spiro atoms. The van der Waals surface area contributed by atoms with Gasteiger partial charge in [-0.15, -0.1) is 0 Å². The van der Waals surface area contributed by atoms with E-state index in [4.69, 9.17) is 23.2 Å². The number of nitrogens with zero attached hydrogens (tertiary/aromatic N) is 3. The van der Waals surface area contributed by atoms with Crippen LogP contribution in [0.2, 0.25) is 10.0 Å². The standard InChI is InChI=1S/C18H17Cl2N3O/c1-11-7-13(8-14(10-21)18(24)22(3)4)12(2)23(11)17-6-5-15(19)9-16(17)20/h5-9H,1-4H3/b14-8-. The van der Waals surface area contributed by atoms with E-state index in [0.29, 0.717) is 10.0 Å². The highest BCUT2D eigenvalue weighted by Gasteiger charge is 2.16. The van der Waals surface area contributed by atoms with Crippen molar-refractivity contribution >= 4 is 35.2 Å². The quantitative estimate of drug-likeness (QED) is 0.600. The minimum Gasteiger partial charge on any atom is -0.344 e. The highest BCUT2D eigenvalue weighted by atomic mass is 35.5. The lowest BCUT2D eigenvalue weighted by molar-refractivity contribution is -0.124. The smallest absolute Gasteiger partial charge is 0.264 e. The Morgan fingerprint density at radius 3 is 2.46 bits per heavy atom. The molecule has 4 nitrogen and oxygen atoms in total. The minimum absolute atomic E-state index is 0.0856. The van der Waals surface area contributed by atoms with Gasteiger partial charge in [-0.1, -0.05) is 23.2 Å². The Bertz CT molecular complexity index is 873. The summed E-state index contributed by atoms with van der Waals surface area (Å²) < 4.78 is 1.97. The minimum atomic E-state index is -0.327. The lowest BCUT2D eigenvalue weighted by Gasteiger charge is -2.12. The van der Waals surface area contributed by atoms with Gasteiger partial charge in [-0.2, -0.15) is 5.26 Å². The lowest BCUT2D eigenvalue weighted by Crippen LogP contribution is -2.22. The molecule has 0 aliphatic rings. The number of carbonyl (C=O) groups excluding carboxylic acids is 1. The van der Waals surface area contributed by atoms with Crippen molar-refractivity contribution in [2.24, 2.45) is 0 Å². The summed E-state index contributed by atoms with van der Waals surface area (Å²) in [6, 6.07) is 9.18. The molecule has 1 aromatic carbocycles. The molecule has 0 unspecified atom stereocenters. The van der Waals surface area contributed by atoms with Crippen molar-refractivity contribution in [2.45, 2.75) is 13.8 Å². The second-order valence-corrected chi connectivity index (χ2v) is 6.47. The average Bonchev–Trinajstić information content (AvgIpc) is 2.79. The van der Waals surface area contributed by atoms with Gasteiger partial charge in [0, 0.05) is 30.5 Å². The van der Waals surface area contributed by atoms with Crippen molar-refractivity contribution in [1.82, 2.24) is 9.47 Å². The van der Waals surface area contributed by atoms with Gasteiger partial charge in [0.05, 0.1) is 10.7 Å². The third kappa shape index (κ3) is 3.48. The summed E-state index contributed by atoms with van der Waals surface area (Å²) in [7, 11) is 3.23. The topological polar surface area (TPSA) is 49.0 Å². The molecule has 0 atom stereocenters. The van der Waals surface area contributed by atoms with Gasteiger partial charge < -0.3 is 9.47 Å². The van der Waals surface area contributed by atoms with Gasteiger partial charge >= 0.3 is 0 Å². The molecule has 1 aromatic heterocycles. The van der Waals surface area contributed by atoms with Gasteiger partial charge in [0.2, 0.25) is 0 Å². The van der Waals surface area contributed by atoms with E-state index in [2.05, 4.69) is 0 Å². The van der Waals surface area contributed by atoms with Gasteiger partial charge in [0.1, 0.15) is 11.6 Å². The molecular weight excluding hydrogens is 345 g/mol. The molecule has 2 aromatic rings. The SMILES string of the molecule is Cc1cc(/C=C(/C#N)C(=O)N(C)C)c(C)n1-c1ccc(Cl)cc1Cl. The van der Waals surface area contributed by atoms with Gasteiger partial charge in [-0.05, 0) is 49.8 Å². The van der Waals surface area contributed by atoms with Crippen LogP contribution in [0.5, 0.6) is 0 Å². The first-order valence-electron chi connectivity index (χ1n) is 7.24. The fourth-order valence-corrected chi connectivity index (χ4v) is 3.00. The van der Waals surface area contributed by atoms with Crippen molar-refractivity contribution in [1.29, 1.82) is 5.26 Å². The largest absolute Gasteiger partial charge is 0.344 e. The van der Waals surface area contributed by atoms with Crippen LogP contribution in [0, 0.1) is 25.2 Å². The predicted octanol–water partition coefficient (Wildman–Crippen LogP) is 4.40. The number of aryl methyl sites for hydroxylation is 1. The predicted molar refractivity (Wildman–Crippen MR) is 97.5 cm³/mol. The Morgan fingerprint density at radius 1 is 1.25 bits per heavy atom. The van der Waals surface area contributed by atoms with Crippen LogP contribution in [0.25, 0.3) is 11.8 Å². The first kappa shape index (κ1) is 18.1. The van der Waals surface area contributed by atoms with E-state index >= 15 is 0 Å². The maximum atomic E-state index is 12.0. The monoisotopic (exact) mass is 361 g/mol. The van der Waals surface area contributed by atoms with Gasteiger partial charge in [-0.3, -0.25) is 4.79 Å². The van der Waals surface area contributed by atoms with E-state index < -0.39 is 0 Å². The summed E-state index contributed by atoms with van der Waals surface area (Å²) in [5.41, 5.74) is 3.51. The Balaban J connectivity index is 2.58. The number of halogens is 2. The summed E-state index contributed by atoms with van der Waals surface area (Å²) in [4.78, 5) is 13.4.